The van der Waals surface area contributed by atoms with Gasteiger partial charge in [0, 0.05) is 18.9 Å². The van der Waals surface area contributed by atoms with Crippen LogP contribution in [0, 0.1) is 0 Å². The number of benzene rings is 1. The molecule has 0 saturated carbocycles. The van der Waals surface area contributed by atoms with Crippen LogP contribution in [-0.2, 0) is 6.54 Å². The molecule has 0 bridgehead atoms. The van der Waals surface area contributed by atoms with Gasteiger partial charge < -0.3 is 15.7 Å². The molecule has 0 atom stereocenters. The van der Waals surface area contributed by atoms with Gasteiger partial charge in [0.2, 0.25) is 0 Å². The lowest BCUT2D eigenvalue weighted by atomic mass is 10.1. The summed E-state index contributed by atoms with van der Waals surface area (Å²) in [6.45, 7) is 0.518. The highest BCUT2D eigenvalue weighted by Crippen LogP contribution is 2.23. The van der Waals surface area contributed by atoms with Gasteiger partial charge in [0.15, 0.2) is 0 Å². The third kappa shape index (κ3) is 3.01. The highest BCUT2D eigenvalue weighted by molar-refractivity contribution is 5.95. The van der Waals surface area contributed by atoms with E-state index in [1.807, 2.05) is 30.1 Å². The first-order valence-corrected chi connectivity index (χ1v) is 5.82. The summed E-state index contributed by atoms with van der Waals surface area (Å²) in [5.74, 6) is -0.970. The number of rotatable bonds is 4. The first-order chi connectivity index (χ1) is 9.08. The number of carbonyl (C=O) groups is 1. The van der Waals surface area contributed by atoms with Crippen LogP contribution in [0.25, 0.3) is 0 Å². The van der Waals surface area contributed by atoms with Crippen molar-refractivity contribution in [1.82, 2.24) is 4.98 Å². The van der Waals surface area contributed by atoms with Crippen molar-refractivity contribution in [2.75, 3.05) is 17.7 Å². The summed E-state index contributed by atoms with van der Waals surface area (Å²) in [5.41, 5.74) is 7.93. The molecule has 0 saturated heterocycles. The maximum Gasteiger partial charge on any atom is 0.337 e. The number of hydrogen-bond donors (Lipinski definition) is 2. The van der Waals surface area contributed by atoms with E-state index in [2.05, 4.69) is 4.98 Å². The quantitative estimate of drug-likeness (QED) is 0.819. The Bertz CT molecular complexity index is 584. The lowest BCUT2D eigenvalue weighted by Gasteiger charge is -2.21. The molecule has 2 aromatic rings. The number of hydrogen-bond acceptors (Lipinski definition) is 4. The first kappa shape index (κ1) is 12.9. The Balaban J connectivity index is 2.30. The fourth-order valence-electron chi connectivity index (χ4n) is 1.87. The van der Waals surface area contributed by atoms with Gasteiger partial charge >= 0.3 is 5.97 Å². The molecule has 0 spiro atoms. The third-order valence-corrected chi connectivity index (χ3v) is 2.79. The standard InChI is InChI=1S/C14H15N3O2/c1-17(9-11-4-2-3-7-16-11)13-8-10(15)5-6-12(13)14(18)19/h2-8H,9,15H2,1H3,(H,18,19). The van der Waals surface area contributed by atoms with E-state index in [1.165, 1.54) is 6.07 Å². The Kier molecular flexibility index (Phi) is 3.66. The van der Waals surface area contributed by atoms with Crippen LogP contribution in [0.15, 0.2) is 42.6 Å². The van der Waals surface area contributed by atoms with Gasteiger partial charge in [-0.1, -0.05) is 6.07 Å². The molecule has 0 unspecified atom stereocenters. The van der Waals surface area contributed by atoms with E-state index in [0.29, 0.717) is 17.9 Å². The molecular weight excluding hydrogens is 242 g/mol. The number of carboxylic acids is 1. The second-order valence-electron chi connectivity index (χ2n) is 4.26. The lowest BCUT2D eigenvalue weighted by molar-refractivity contribution is 0.0697. The second kappa shape index (κ2) is 5.39. The van der Waals surface area contributed by atoms with Gasteiger partial charge in [-0.25, -0.2) is 4.79 Å². The summed E-state index contributed by atoms with van der Waals surface area (Å²) in [6, 6.07) is 10.4. The van der Waals surface area contributed by atoms with Crippen LogP contribution in [-0.4, -0.2) is 23.1 Å². The molecule has 0 fully saturated rings. The Morgan fingerprint density at radius 3 is 2.79 bits per heavy atom. The molecule has 0 amide bonds. The van der Waals surface area contributed by atoms with Gasteiger partial charge in [-0.2, -0.15) is 0 Å². The predicted octanol–water partition coefficient (Wildman–Crippen LogP) is 2.00. The average molecular weight is 257 g/mol. The monoisotopic (exact) mass is 257 g/mol. The number of nitrogens with two attached hydrogens (primary N) is 1. The molecule has 0 aliphatic heterocycles. The molecule has 1 heterocycles. The molecule has 19 heavy (non-hydrogen) atoms. The fourth-order valence-corrected chi connectivity index (χ4v) is 1.87. The summed E-state index contributed by atoms with van der Waals surface area (Å²) >= 11 is 0. The number of pyridine rings is 1. The molecule has 98 valence electrons. The van der Waals surface area contributed by atoms with Crippen molar-refractivity contribution in [2.24, 2.45) is 0 Å². The van der Waals surface area contributed by atoms with Gasteiger partial charge in [-0.15, -0.1) is 0 Å². The van der Waals surface area contributed by atoms with E-state index in [9.17, 15) is 9.90 Å². The Hall–Kier alpha value is -2.56. The average Bonchev–Trinajstić information content (AvgIpc) is 2.39. The minimum atomic E-state index is -0.970. The Morgan fingerprint density at radius 2 is 2.16 bits per heavy atom. The fraction of sp³-hybridized carbons (Fsp3) is 0.143. The molecule has 2 rings (SSSR count). The van der Waals surface area contributed by atoms with E-state index >= 15 is 0 Å². The zero-order chi connectivity index (χ0) is 13.8. The smallest absolute Gasteiger partial charge is 0.337 e. The SMILES string of the molecule is CN(Cc1ccccn1)c1cc(N)ccc1C(=O)O. The van der Waals surface area contributed by atoms with Gasteiger partial charge in [-0.3, -0.25) is 4.98 Å². The predicted molar refractivity (Wildman–Crippen MR) is 74.2 cm³/mol. The molecule has 0 aliphatic carbocycles. The Labute approximate surface area is 111 Å². The van der Waals surface area contributed by atoms with E-state index in [1.54, 1.807) is 18.3 Å². The maximum absolute atomic E-state index is 11.2. The third-order valence-electron chi connectivity index (χ3n) is 2.79. The molecule has 1 aromatic carbocycles. The molecular formula is C14H15N3O2. The first-order valence-electron chi connectivity index (χ1n) is 5.82. The van der Waals surface area contributed by atoms with Gasteiger partial charge in [0.25, 0.3) is 0 Å². The zero-order valence-corrected chi connectivity index (χ0v) is 10.6. The number of anilines is 2. The van der Waals surface area contributed by atoms with Crippen LogP contribution in [0.3, 0.4) is 0 Å². The molecule has 1 aromatic heterocycles. The number of nitrogen functional groups attached to an aromatic ring is 1. The topological polar surface area (TPSA) is 79.5 Å². The van der Waals surface area contributed by atoms with E-state index in [4.69, 9.17) is 5.73 Å². The summed E-state index contributed by atoms with van der Waals surface area (Å²) in [6.07, 6.45) is 1.71. The summed E-state index contributed by atoms with van der Waals surface area (Å²) < 4.78 is 0. The zero-order valence-electron chi connectivity index (χ0n) is 10.6. The van der Waals surface area contributed by atoms with Crippen LogP contribution >= 0.6 is 0 Å². The van der Waals surface area contributed by atoms with Crippen molar-refractivity contribution < 1.29 is 9.90 Å². The van der Waals surface area contributed by atoms with E-state index in [0.717, 1.165) is 5.69 Å². The summed E-state index contributed by atoms with van der Waals surface area (Å²) in [4.78, 5) is 17.2. The minimum absolute atomic E-state index is 0.229. The van der Waals surface area contributed by atoms with Gasteiger partial charge in [0.1, 0.15) is 0 Å². The lowest BCUT2D eigenvalue weighted by Crippen LogP contribution is -2.20. The van der Waals surface area contributed by atoms with Crippen LogP contribution in [0.2, 0.25) is 0 Å². The minimum Gasteiger partial charge on any atom is -0.478 e. The maximum atomic E-state index is 11.2. The van der Waals surface area contributed by atoms with E-state index < -0.39 is 5.97 Å². The number of carboxylic acid groups (broad SMARTS) is 1. The second-order valence-corrected chi connectivity index (χ2v) is 4.26. The number of nitrogens with zero attached hydrogens (tertiary/aromatic N) is 2. The van der Waals surface area contributed by atoms with Crippen molar-refractivity contribution in [2.45, 2.75) is 6.54 Å². The van der Waals surface area contributed by atoms with Crippen LogP contribution < -0.4 is 10.6 Å². The highest BCUT2D eigenvalue weighted by atomic mass is 16.4. The van der Waals surface area contributed by atoms with Gasteiger partial charge in [0.05, 0.1) is 23.5 Å². The van der Waals surface area contributed by atoms with E-state index in [-0.39, 0.29) is 5.56 Å². The van der Waals surface area contributed by atoms with Crippen molar-refractivity contribution >= 4 is 17.3 Å². The van der Waals surface area contributed by atoms with Crippen LogP contribution in [0.4, 0.5) is 11.4 Å². The molecule has 5 nitrogen and oxygen atoms in total. The van der Waals surface area contributed by atoms with Gasteiger partial charge in [-0.05, 0) is 30.3 Å². The van der Waals surface area contributed by atoms with Crippen LogP contribution in [0.5, 0.6) is 0 Å². The van der Waals surface area contributed by atoms with Crippen molar-refractivity contribution in [3.63, 3.8) is 0 Å². The summed E-state index contributed by atoms with van der Waals surface area (Å²) in [5, 5.41) is 9.19. The summed E-state index contributed by atoms with van der Waals surface area (Å²) in [7, 11) is 1.82. The highest BCUT2D eigenvalue weighted by Gasteiger charge is 2.14. The number of aromatic nitrogens is 1. The normalized spacial score (nSPS) is 10.2. The molecule has 0 aliphatic rings. The largest absolute Gasteiger partial charge is 0.478 e. The van der Waals surface area contributed by atoms with Crippen molar-refractivity contribution in [3.8, 4) is 0 Å². The number of aromatic carboxylic acids is 1. The van der Waals surface area contributed by atoms with Crippen LogP contribution in [0.1, 0.15) is 16.1 Å². The molecule has 3 N–H and O–H groups in total. The molecule has 5 heteroatoms. The van der Waals surface area contributed by atoms with Crippen molar-refractivity contribution in [1.29, 1.82) is 0 Å². The molecule has 0 radical (unpaired) electrons. The Morgan fingerprint density at radius 1 is 1.37 bits per heavy atom. The van der Waals surface area contributed by atoms with Crippen molar-refractivity contribution in [3.05, 3.63) is 53.9 Å².